The molecule has 1 aliphatic rings. The third kappa shape index (κ3) is 4.90. The fourth-order valence-corrected chi connectivity index (χ4v) is 3.70. The van der Waals surface area contributed by atoms with Crippen LogP contribution in [0.15, 0.2) is 48.7 Å². The van der Waals surface area contributed by atoms with E-state index < -0.39 is 11.7 Å². The summed E-state index contributed by atoms with van der Waals surface area (Å²) < 4.78 is 5.63. The first-order valence-electron chi connectivity index (χ1n) is 10.2. The summed E-state index contributed by atoms with van der Waals surface area (Å²) in [6, 6.07) is 14.0. The summed E-state index contributed by atoms with van der Waals surface area (Å²) in [5.74, 6) is 0.573. The third-order valence-electron chi connectivity index (χ3n) is 4.85. The first kappa shape index (κ1) is 20.3. The maximum atomic E-state index is 12.9. The minimum Gasteiger partial charge on any atom is -0.443 e. The van der Waals surface area contributed by atoms with Crippen LogP contribution < -0.4 is 4.90 Å². The van der Waals surface area contributed by atoms with Crippen molar-refractivity contribution < 1.29 is 9.53 Å². The number of ether oxygens (including phenoxy) is 1. The molecule has 3 rings (SSSR count). The van der Waals surface area contributed by atoms with Gasteiger partial charge in [-0.2, -0.15) is 0 Å². The lowest BCUT2D eigenvalue weighted by Crippen LogP contribution is -2.34. The molecule has 1 atom stereocenters. The van der Waals surface area contributed by atoms with E-state index in [1.165, 1.54) is 16.9 Å². The molecule has 1 aliphatic heterocycles. The van der Waals surface area contributed by atoms with Crippen LogP contribution in [0.4, 0.5) is 16.3 Å². The number of anilines is 2. The Labute approximate surface area is 168 Å². The van der Waals surface area contributed by atoms with E-state index >= 15 is 0 Å². The smallest absolute Gasteiger partial charge is 0.420 e. The summed E-state index contributed by atoms with van der Waals surface area (Å²) in [6.45, 7) is 10.1. The van der Waals surface area contributed by atoms with Crippen LogP contribution in [0.3, 0.4) is 0 Å². The number of amides is 1. The van der Waals surface area contributed by atoms with Crippen LogP contribution >= 0.6 is 0 Å². The lowest BCUT2D eigenvalue weighted by molar-refractivity contribution is 0.0598. The van der Waals surface area contributed by atoms with E-state index in [-0.39, 0.29) is 0 Å². The van der Waals surface area contributed by atoms with Gasteiger partial charge in [-0.25, -0.2) is 14.7 Å². The maximum absolute atomic E-state index is 12.9. The number of rotatable bonds is 5. The Morgan fingerprint density at radius 1 is 1.21 bits per heavy atom. The number of aromatic nitrogens is 1. The van der Waals surface area contributed by atoms with Crippen molar-refractivity contribution in [1.82, 2.24) is 9.88 Å². The van der Waals surface area contributed by atoms with E-state index in [4.69, 9.17) is 4.74 Å². The fourth-order valence-electron chi connectivity index (χ4n) is 3.70. The number of hydrogen-bond acceptors (Lipinski definition) is 4. The fraction of sp³-hybridized carbons (Fsp3) is 0.478. The van der Waals surface area contributed by atoms with Crippen molar-refractivity contribution in [1.29, 1.82) is 0 Å². The van der Waals surface area contributed by atoms with Crippen LogP contribution in [0.5, 0.6) is 0 Å². The minimum atomic E-state index is -0.575. The molecule has 1 aromatic heterocycles. The number of pyridine rings is 1. The van der Waals surface area contributed by atoms with Crippen LogP contribution in [0, 0.1) is 0 Å². The van der Waals surface area contributed by atoms with Gasteiger partial charge in [0, 0.05) is 12.2 Å². The first-order valence-corrected chi connectivity index (χ1v) is 10.2. The average molecular weight is 382 g/mol. The van der Waals surface area contributed by atoms with Crippen LogP contribution in [-0.2, 0) is 4.74 Å². The van der Waals surface area contributed by atoms with Gasteiger partial charge in [-0.05, 0) is 76.9 Å². The van der Waals surface area contributed by atoms with E-state index in [0.717, 1.165) is 31.6 Å². The third-order valence-corrected chi connectivity index (χ3v) is 4.85. The van der Waals surface area contributed by atoms with E-state index in [1.54, 1.807) is 0 Å². The largest absolute Gasteiger partial charge is 0.443 e. The molecule has 1 aromatic carbocycles. The molecular weight excluding hydrogens is 350 g/mol. The Morgan fingerprint density at radius 2 is 1.96 bits per heavy atom. The van der Waals surface area contributed by atoms with Gasteiger partial charge in [0.2, 0.25) is 0 Å². The van der Waals surface area contributed by atoms with E-state index in [9.17, 15) is 4.79 Å². The lowest BCUT2D eigenvalue weighted by atomic mass is 10.1. The molecule has 0 aliphatic carbocycles. The monoisotopic (exact) mass is 381 g/mol. The van der Waals surface area contributed by atoms with E-state index in [0.29, 0.717) is 11.9 Å². The summed E-state index contributed by atoms with van der Waals surface area (Å²) in [6.07, 6.45) is 5.03. The Bertz CT molecular complexity index is 769. The average Bonchev–Trinajstić information content (AvgIpc) is 3.11. The molecule has 2 aromatic rings. The van der Waals surface area contributed by atoms with Crippen LogP contribution in [0.2, 0.25) is 0 Å². The highest BCUT2D eigenvalue weighted by Gasteiger charge is 2.28. The Kier molecular flexibility index (Phi) is 6.35. The number of nitrogens with zero attached hydrogens (tertiary/aromatic N) is 3. The topological polar surface area (TPSA) is 45.7 Å². The molecule has 1 saturated heterocycles. The minimum absolute atomic E-state index is 0.424. The molecule has 1 fully saturated rings. The summed E-state index contributed by atoms with van der Waals surface area (Å²) in [7, 11) is 0. The van der Waals surface area contributed by atoms with E-state index in [2.05, 4.69) is 22.9 Å². The van der Waals surface area contributed by atoms with Crippen molar-refractivity contribution in [3.63, 3.8) is 0 Å². The van der Waals surface area contributed by atoms with Crippen molar-refractivity contribution in [3.8, 4) is 0 Å². The molecule has 1 unspecified atom stereocenters. The van der Waals surface area contributed by atoms with Gasteiger partial charge >= 0.3 is 6.09 Å². The number of likely N-dealkylation sites (tertiary alicyclic amines) is 1. The normalized spacial score (nSPS) is 17.5. The summed E-state index contributed by atoms with van der Waals surface area (Å²) in [4.78, 5) is 21.6. The van der Waals surface area contributed by atoms with Crippen molar-refractivity contribution in [2.45, 2.75) is 58.6 Å². The molecule has 150 valence electrons. The van der Waals surface area contributed by atoms with E-state index in [1.807, 2.05) is 63.4 Å². The van der Waals surface area contributed by atoms with Gasteiger partial charge in [-0.3, -0.25) is 4.90 Å². The molecule has 1 amide bonds. The van der Waals surface area contributed by atoms with Crippen LogP contribution in [0.1, 0.15) is 58.6 Å². The van der Waals surface area contributed by atoms with Crippen molar-refractivity contribution in [2.75, 3.05) is 18.0 Å². The van der Waals surface area contributed by atoms with Gasteiger partial charge in [0.1, 0.15) is 11.4 Å². The summed E-state index contributed by atoms with van der Waals surface area (Å²) in [5.41, 5.74) is 1.38. The number of para-hydroxylation sites is 1. The molecule has 5 heteroatoms. The molecule has 0 spiro atoms. The standard InChI is InChI=1S/C23H31N3O2/c1-5-15-25-16-9-12-20(25)18-13-14-21(24-17-18)26(19-10-7-6-8-11-19)22(27)28-23(2,3)4/h6-8,10-11,13-14,17,20H,5,9,12,15-16H2,1-4H3. The second-order valence-electron chi connectivity index (χ2n) is 8.30. The van der Waals surface area contributed by atoms with Gasteiger partial charge < -0.3 is 4.74 Å². The quantitative estimate of drug-likeness (QED) is 0.666. The predicted octanol–water partition coefficient (Wildman–Crippen LogP) is 5.70. The number of carbonyl (C=O) groups is 1. The Balaban J connectivity index is 1.87. The molecule has 2 heterocycles. The Hall–Kier alpha value is -2.40. The SMILES string of the molecule is CCCN1CCCC1c1ccc(N(C(=O)OC(C)(C)C)c2ccccc2)nc1. The van der Waals surface area contributed by atoms with Crippen molar-refractivity contribution in [2.24, 2.45) is 0 Å². The van der Waals surface area contributed by atoms with Crippen molar-refractivity contribution >= 4 is 17.6 Å². The predicted molar refractivity (Wildman–Crippen MR) is 113 cm³/mol. The molecule has 5 nitrogen and oxygen atoms in total. The zero-order valence-electron chi connectivity index (χ0n) is 17.4. The van der Waals surface area contributed by atoms with Gasteiger partial charge in [0.25, 0.3) is 0 Å². The molecule has 0 radical (unpaired) electrons. The second kappa shape index (κ2) is 8.74. The maximum Gasteiger partial charge on any atom is 0.420 e. The second-order valence-corrected chi connectivity index (χ2v) is 8.30. The zero-order chi connectivity index (χ0) is 20.1. The van der Waals surface area contributed by atoms with Gasteiger partial charge in [0.05, 0.1) is 5.69 Å². The molecular formula is C23H31N3O2. The molecule has 0 bridgehead atoms. The molecule has 0 N–H and O–H groups in total. The van der Waals surface area contributed by atoms with Crippen LogP contribution in [-0.4, -0.2) is 34.7 Å². The molecule has 28 heavy (non-hydrogen) atoms. The lowest BCUT2D eigenvalue weighted by Gasteiger charge is -2.27. The molecule has 0 saturated carbocycles. The van der Waals surface area contributed by atoms with Crippen LogP contribution in [0.25, 0.3) is 0 Å². The highest BCUT2D eigenvalue weighted by molar-refractivity contribution is 5.95. The zero-order valence-corrected chi connectivity index (χ0v) is 17.4. The first-order chi connectivity index (χ1) is 13.4. The number of hydrogen-bond donors (Lipinski definition) is 0. The highest BCUT2D eigenvalue weighted by Crippen LogP contribution is 2.33. The summed E-state index contributed by atoms with van der Waals surface area (Å²) in [5, 5.41) is 0. The van der Waals surface area contributed by atoms with Gasteiger partial charge in [-0.15, -0.1) is 0 Å². The summed E-state index contributed by atoms with van der Waals surface area (Å²) >= 11 is 0. The highest BCUT2D eigenvalue weighted by atomic mass is 16.6. The Morgan fingerprint density at radius 3 is 2.57 bits per heavy atom. The number of benzene rings is 1. The van der Waals surface area contributed by atoms with Gasteiger partial charge in [-0.1, -0.05) is 31.2 Å². The van der Waals surface area contributed by atoms with Gasteiger partial charge in [0.15, 0.2) is 0 Å². The number of carbonyl (C=O) groups excluding carboxylic acids is 1. The van der Waals surface area contributed by atoms with Crippen molar-refractivity contribution in [3.05, 3.63) is 54.2 Å².